The van der Waals surface area contributed by atoms with Gasteiger partial charge in [-0.2, -0.15) is 0 Å². The van der Waals surface area contributed by atoms with Crippen molar-refractivity contribution in [1.82, 2.24) is 4.90 Å². The summed E-state index contributed by atoms with van der Waals surface area (Å²) in [6.45, 7) is 3.71. The van der Waals surface area contributed by atoms with Gasteiger partial charge in [-0.05, 0) is 43.5 Å². The maximum Gasteiger partial charge on any atom is 0.324 e. The van der Waals surface area contributed by atoms with Crippen LogP contribution in [0.4, 0.5) is 16.2 Å². The molecule has 1 saturated heterocycles. The van der Waals surface area contributed by atoms with Crippen LogP contribution < -0.4 is 19.7 Å². The molecule has 1 N–H and O–H groups in total. The van der Waals surface area contributed by atoms with Crippen molar-refractivity contribution in [3.8, 4) is 11.5 Å². The highest BCUT2D eigenvalue weighted by atomic mass is 16.5. The SMILES string of the molecule is CC[C@@H]1CN(C(=O)N2CCC(C(=O)Nc3ccccc3OC)CC2)c2ccccc2O1. The average molecular weight is 424 g/mol. The Kier molecular flexibility index (Phi) is 6.30. The third-order valence-corrected chi connectivity index (χ3v) is 6.02. The molecule has 0 aliphatic carbocycles. The lowest BCUT2D eigenvalue weighted by atomic mass is 9.96. The number of anilines is 2. The molecule has 0 aromatic heterocycles. The molecule has 0 saturated carbocycles. The normalized spacial score (nSPS) is 18.7. The van der Waals surface area contributed by atoms with E-state index >= 15 is 0 Å². The minimum Gasteiger partial charge on any atom is -0.495 e. The highest BCUT2D eigenvalue weighted by molar-refractivity contribution is 5.96. The van der Waals surface area contributed by atoms with Gasteiger partial charge in [0.15, 0.2) is 0 Å². The molecule has 2 aromatic rings. The van der Waals surface area contributed by atoms with Crippen LogP contribution in [0.3, 0.4) is 0 Å². The van der Waals surface area contributed by atoms with Crippen molar-refractivity contribution in [2.45, 2.75) is 32.3 Å². The number of benzene rings is 2. The molecular formula is C24H29N3O4. The van der Waals surface area contributed by atoms with E-state index in [4.69, 9.17) is 9.47 Å². The third kappa shape index (κ3) is 4.45. The Bertz CT molecular complexity index is 940. The zero-order valence-corrected chi connectivity index (χ0v) is 18.0. The van der Waals surface area contributed by atoms with E-state index in [0.717, 1.165) is 17.9 Å². The molecule has 2 aromatic carbocycles. The van der Waals surface area contributed by atoms with Gasteiger partial charge in [0.25, 0.3) is 0 Å². The number of piperidine rings is 1. The molecular weight excluding hydrogens is 394 g/mol. The van der Waals surface area contributed by atoms with Crippen LogP contribution in [0, 0.1) is 5.92 Å². The lowest BCUT2D eigenvalue weighted by Gasteiger charge is -2.39. The fraction of sp³-hybridized carbons (Fsp3) is 0.417. The second kappa shape index (κ2) is 9.29. The smallest absolute Gasteiger partial charge is 0.324 e. The van der Waals surface area contributed by atoms with Crippen molar-refractivity contribution in [1.29, 1.82) is 0 Å². The Hall–Kier alpha value is -3.22. The Labute approximate surface area is 182 Å². The van der Waals surface area contributed by atoms with E-state index in [9.17, 15) is 9.59 Å². The zero-order chi connectivity index (χ0) is 21.8. The minimum absolute atomic E-state index is 0.0111. The molecule has 3 amide bonds. The summed E-state index contributed by atoms with van der Waals surface area (Å²) in [6.07, 6.45) is 2.10. The van der Waals surface area contributed by atoms with Gasteiger partial charge in [0.2, 0.25) is 5.91 Å². The number of hydrogen-bond acceptors (Lipinski definition) is 4. The van der Waals surface area contributed by atoms with Gasteiger partial charge in [-0.1, -0.05) is 31.2 Å². The molecule has 2 aliphatic heterocycles. The molecule has 164 valence electrons. The summed E-state index contributed by atoms with van der Waals surface area (Å²) in [7, 11) is 1.59. The third-order valence-electron chi connectivity index (χ3n) is 6.02. The second-order valence-electron chi connectivity index (χ2n) is 7.96. The standard InChI is InChI=1S/C24H29N3O4/c1-3-18-16-27(20-9-5-7-11-22(20)31-18)24(29)26-14-12-17(13-15-26)23(28)25-19-8-4-6-10-21(19)30-2/h4-11,17-18H,3,12-16H2,1-2H3,(H,25,28)/t18-/m1/s1. The topological polar surface area (TPSA) is 71.1 Å². The van der Waals surface area contributed by atoms with Crippen molar-refractivity contribution in [2.24, 2.45) is 5.92 Å². The Morgan fingerprint density at radius 1 is 1.10 bits per heavy atom. The average Bonchev–Trinajstić information content (AvgIpc) is 2.83. The van der Waals surface area contributed by atoms with Gasteiger partial charge in [0.05, 0.1) is 25.0 Å². The number of methoxy groups -OCH3 is 1. The summed E-state index contributed by atoms with van der Waals surface area (Å²) in [5, 5.41) is 2.97. The molecule has 0 unspecified atom stereocenters. The largest absolute Gasteiger partial charge is 0.495 e. The van der Waals surface area contributed by atoms with Crippen LogP contribution in [0.25, 0.3) is 0 Å². The van der Waals surface area contributed by atoms with E-state index in [2.05, 4.69) is 12.2 Å². The molecule has 4 rings (SSSR count). The number of carbonyl (C=O) groups excluding carboxylic acids is 2. The first-order chi connectivity index (χ1) is 15.1. The van der Waals surface area contributed by atoms with Crippen molar-refractivity contribution >= 4 is 23.3 Å². The predicted molar refractivity (Wildman–Crippen MR) is 120 cm³/mol. The van der Waals surface area contributed by atoms with Gasteiger partial charge in [0.1, 0.15) is 17.6 Å². The van der Waals surface area contributed by atoms with Gasteiger partial charge in [0, 0.05) is 19.0 Å². The number of nitrogens with zero attached hydrogens (tertiary/aromatic N) is 2. The van der Waals surface area contributed by atoms with Crippen molar-refractivity contribution in [3.05, 3.63) is 48.5 Å². The first-order valence-corrected chi connectivity index (χ1v) is 10.9. The number of hydrogen-bond donors (Lipinski definition) is 1. The van der Waals surface area contributed by atoms with Gasteiger partial charge >= 0.3 is 6.03 Å². The van der Waals surface area contributed by atoms with Crippen LogP contribution in [0.1, 0.15) is 26.2 Å². The van der Waals surface area contributed by atoms with Crippen LogP contribution in [0.5, 0.6) is 11.5 Å². The van der Waals surface area contributed by atoms with Crippen molar-refractivity contribution in [3.63, 3.8) is 0 Å². The van der Waals surface area contributed by atoms with E-state index in [0.29, 0.717) is 43.9 Å². The molecule has 7 heteroatoms. The number of carbonyl (C=O) groups is 2. The Balaban J connectivity index is 1.38. The number of amides is 3. The Morgan fingerprint density at radius 2 is 1.81 bits per heavy atom. The number of para-hydroxylation sites is 4. The number of rotatable bonds is 4. The van der Waals surface area contributed by atoms with Gasteiger partial charge in [-0.3, -0.25) is 9.69 Å². The van der Waals surface area contributed by atoms with Crippen molar-refractivity contribution < 1.29 is 19.1 Å². The van der Waals surface area contributed by atoms with Crippen LogP contribution in [-0.2, 0) is 4.79 Å². The monoisotopic (exact) mass is 423 g/mol. The van der Waals surface area contributed by atoms with Crippen LogP contribution >= 0.6 is 0 Å². The second-order valence-corrected chi connectivity index (χ2v) is 7.96. The van der Waals surface area contributed by atoms with Crippen LogP contribution in [-0.4, -0.2) is 49.7 Å². The fourth-order valence-corrected chi connectivity index (χ4v) is 4.18. The molecule has 2 aliphatic rings. The summed E-state index contributed by atoms with van der Waals surface area (Å²) in [4.78, 5) is 29.7. The quantitative estimate of drug-likeness (QED) is 0.802. The highest BCUT2D eigenvalue weighted by Gasteiger charge is 2.34. The van der Waals surface area contributed by atoms with Crippen LogP contribution in [0.2, 0.25) is 0 Å². The molecule has 7 nitrogen and oxygen atoms in total. The summed E-state index contributed by atoms with van der Waals surface area (Å²) in [5.41, 5.74) is 1.48. The van der Waals surface area contributed by atoms with E-state index in [1.54, 1.807) is 7.11 Å². The number of urea groups is 1. The molecule has 2 heterocycles. The van der Waals surface area contributed by atoms with Crippen molar-refractivity contribution in [2.75, 3.05) is 37.0 Å². The molecule has 0 bridgehead atoms. The van der Waals surface area contributed by atoms with Gasteiger partial charge < -0.3 is 19.7 Å². The number of fused-ring (bicyclic) bond motifs is 1. The lowest BCUT2D eigenvalue weighted by Crippen LogP contribution is -2.52. The highest BCUT2D eigenvalue weighted by Crippen LogP contribution is 2.35. The van der Waals surface area contributed by atoms with Gasteiger partial charge in [-0.25, -0.2) is 4.79 Å². The predicted octanol–water partition coefficient (Wildman–Crippen LogP) is 4.14. The van der Waals surface area contributed by atoms with E-state index in [1.807, 2.05) is 58.3 Å². The van der Waals surface area contributed by atoms with E-state index < -0.39 is 0 Å². The fourth-order valence-electron chi connectivity index (χ4n) is 4.18. The summed E-state index contributed by atoms with van der Waals surface area (Å²) in [5.74, 6) is 1.23. The lowest BCUT2D eigenvalue weighted by molar-refractivity contribution is -0.121. The zero-order valence-electron chi connectivity index (χ0n) is 18.0. The maximum atomic E-state index is 13.3. The first kappa shape index (κ1) is 21.0. The molecule has 1 fully saturated rings. The number of nitrogens with one attached hydrogen (secondary N) is 1. The summed E-state index contributed by atoms with van der Waals surface area (Å²) >= 11 is 0. The molecule has 0 spiro atoms. The molecule has 31 heavy (non-hydrogen) atoms. The Morgan fingerprint density at radius 3 is 2.55 bits per heavy atom. The number of ether oxygens (including phenoxy) is 2. The number of likely N-dealkylation sites (tertiary alicyclic amines) is 1. The van der Waals surface area contributed by atoms with Crippen LogP contribution in [0.15, 0.2) is 48.5 Å². The first-order valence-electron chi connectivity index (χ1n) is 10.9. The van der Waals surface area contributed by atoms with E-state index in [-0.39, 0.29) is 24.0 Å². The van der Waals surface area contributed by atoms with E-state index in [1.165, 1.54) is 0 Å². The minimum atomic E-state index is -0.130. The van der Waals surface area contributed by atoms with Gasteiger partial charge in [-0.15, -0.1) is 0 Å². The summed E-state index contributed by atoms with van der Waals surface area (Å²) in [6, 6.07) is 15.0. The summed E-state index contributed by atoms with van der Waals surface area (Å²) < 4.78 is 11.3. The maximum absolute atomic E-state index is 13.3. The molecule has 0 radical (unpaired) electrons. The molecule has 1 atom stereocenters.